The number of benzene rings is 1. The van der Waals surface area contributed by atoms with Crippen LogP contribution in [-0.4, -0.2) is 38.5 Å². The average Bonchev–Trinajstić information content (AvgIpc) is 3.48. The number of aromatic nitrogens is 3. The maximum atomic E-state index is 12.7. The maximum Gasteiger partial charge on any atom is 0.257 e. The first kappa shape index (κ1) is 18.4. The molecular formula is C23H23N5O2. The number of furan rings is 1. The van der Waals surface area contributed by atoms with Gasteiger partial charge in [-0.1, -0.05) is 30.3 Å². The van der Waals surface area contributed by atoms with Gasteiger partial charge in [-0.2, -0.15) is 5.10 Å². The number of fused-ring (bicyclic) bond motifs is 1. The lowest BCUT2D eigenvalue weighted by molar-refractivity contribution is 0.0704. The van der Waals surface area contributed by atoms with Gasteiger partial charge in [0, 0.05) is 25.6 Å². The Morgan fingerprint density at radius 1 is 1.17 bits per heavy atom. The molecular weight excluding hydrogens is 378 g/mol. The SMILES string of the molecule is O=C(c1ccoc1)N1CCC[C@H](c2nc3ccc(NCc4ccccc4)cn3n2)C1. The first-order chi connectivity index (χ1) is 14.8. The Kier molecular flexibility index (Phi) is 4.93. The number of likely N-dealkylation sites (tertiary alicyclic amines) is 1. The van der Waals surface area contributed by atoms with Gasteiger partial charge >= 0.3 is 0 Å². The highest BCUT2D eigenvalue weighted by molar-refractivity contribution is 5.93. The number of carbonyl (C=O) groups excluding carboxylic acids is 1. The summed E-state index contributed by atoms with van der Waals surface area (Å²) >= 11 is 0. The second-order valence-electron chi connectivity index (χ2n) is 7.63. The van der Waals surface area contributed by atoms with Crippen LogP contribution in [0.25, 0.3) is 5.65 Å². The van der Waals surface area contributed by atoms with E-state index in [-0.39, 0.29) is 11.8 Å². The number of nitrogens with one attached hydrogen (secondary N) is 1. The quantitative estimate of drug-likeness (QED) is 0.548. The van der Waals surface area contributed by atoms with Gasteiger partial charge in [0.1, 0.15) is 6.26 Å². The largest absolute Gasteiger partial charge is 0.472 e. The molecule has 1 N–H and O–H groups in total. The Morgan fingerprint density at radius 2 is 2.07 bits per heavy atom. The lowest BCUT2D eigenvalue weighted by Gasteiger charge is -2.31. The van der Waals surface area contributed by atoms with Crippen LogP contribution in [0.15, 0.2) is 71.7 Å². The number of rotatable bonds is 5. The van der Waals surface area contributed by atoms with E-state index in [9.17, 15) is 4.79 Å². The number of nitrogens with zero attached hydrogens (tertiary/aromatic N) is 4. The van der Waals surface area contributed by atoms with E-state index in [1.54, 1.807) is 6.07 Å². The minimum absolute atomic E-state index is 0.00427. The molecule has 5 rings (SSSR count). The number of piperidine rings is 1. The van der Waals surface area contributed by atoms with Crippen LogP contribution in [0.2, 0.25) is 0 Å². The summed E-state index contributed by atoms with van der Waals surface area (Å²) in [6.07, 6.45) is 6.91. The normalized spacial score (nSPS) is 16.7. The molecule has 3 aromatic heterocycles. The minimum Gasteiger partial charge on any atom is -0.472 e. The summed E-state index contributed by atoms with van der Waals surface area (Å²) in [4.78, 5) is 19.2. The van der Waals surface area contributed by atoms with Crippen molar-refractivity contribution in [3.63, 3.8) is 0 Å². The molecule has 0 bridgehead atoms. The molecule has 7 heteroatoms. The van der Waals surface area contributed by atoms with Crippen molar-refractivity contribution in [3.8, 4) is 0 Å². The van der Waals surface area contributed by atoms with E-state index >= 15 is 0 Å². The van der Waals surface area contributed by atoms with Crippen LogP contribution in [0.4, 0.5) is 5.69 Å². The molecule has 1 aliphatic heterocycles. The summed E-state index contributed by atoms with van der Waals surface area (Å²) in [5.74, 6) is 0.930. The molecule has 1 aromatic carbocycles. The highest BCUT2D eigenvalue weighted by atomic mass is 16.3. The monoisotopic (exact) mass is 401 g/mol. The fourth-order valence-corrected chi connectivity index (χ4v) is 3.92. The third-order valence-corrected chi connectivity index (χ3v) is 5.53. The van der Waals surface area contributed by atoms with Crippen LogP contribution < -0.4 is 5.32 Å². The van der Waals surface area contributed by atoms with E-state index in [1.807, 2.05) is 45.9 Å². The molecule has 1 aliphatic rings. The van der Waals surface area contributed by atoms with Crippen LogP contribution >= 0.6 is 0 Å². The van der Waals surface area contributed by atoms with E-state index in [2.05, 4.69) is 17.4 Å². The maximum absolute atomic E-state index is 12.7. The number of anilines is 1. The van der Waals surface area contributed by atoms with Crippen molar-refractivity contribution in [2.45, 2.75) is 25.3 Å². The Balaban J connectivity index is 1.30. The summed E-state index contributed by atoms with van der Waals surface area (Å²) in [7, 11) is 0. The summed E-state index contributed by atoms with van der Waals surface area (Å²) in [5, 5.41) is 8.15. The Morgan fingerprint density at radius 3 is 2.90 bits per heavy atom. The molecule has 30 heavy (non-hydrogen) atoms. The highest BCUT2D eigenvalue weighted by Crippen LogP contribution is 2.26. The van der Waals surface area contributed by atoms with Crippen molar-refractivity contribution in [1.82, 2.24) is 19.5 Å². The van der Waals surface area contributed by atoms with Crippen LogP contribution in [0.1, 0.15) is 40.5 Å². The van der Waals surface area contributed by atoms with Crippen molar-refractivity contribution in [2.75, 3.05) is 18.4 Å². The zero-order valence-corrected chi connectivity index (χ0v) is 16.6. The number of amides is 1. The van der Waals surface area contributed by atoms with Gasteiger partial charge in [-0.3, -0.25) is 4.79 Å². The number of carbonyl (C=O) groups is 1. The number of hydrogen-bond acceptors (Lipinski definition) is 5. The molecule has 7 nitrogen and oxygen atoms in total. The van der Waals surface area contributed by atoms with Gasteiger partial charge in [-0.05, 0) is 36.6 Å². The molecule has 0 aliphatic carbocycles. The lowest BCUT2D eigenvalue weighted by atomic mass is 9.97. The fraction of sp³-hybridized carbons (Fsp3) is 0.261. The van der Waals surface area contributed by atoms with Gasteiger partial charge in [-0.15, -0.1) is 0 Å². The Bertz CT molecular complexity index is 1140. The summed E-state index contributed by atoms with van der Waals surface area (Å²) in [6, 6.07) is 16.0. The predicted octanol–water partition coefficient (Wildman–Crippen LogP) is 3.95. The second-order valence-corrected chi connectivity index (χ2v) is 7.63. The molecule has 1 amide bonds. The molecule has 0 spiro atoms. The van der Waals surface area contributed by atoms with E-state index < -0.39 is 0 Å². The van der Waals surface area contributed by atoms with Crippen molar-refractivity contribution in [3.05, 3.63) is 84.2 Å². The van der Waals surface area contributed by atoms with Gasteiger partial charge in [0.05, 0.1) is 23.7 Å². The van der Waals surface area contributed by atoms with Gasteiger partial charge in [0.15, 0.2) is 11.5 Å². The zero-order valence-electron chi connectivity index (χ0n) is 16.6. The second kappa shape index (κ2) is 8.02. The topological polar surface area (TPSA) is 75.7 Å². The summed E-state index contributed by atoms with van der Waals surface area (Å²) in [5.41, 5.74) is 3.62. The van der Waals surface area contributed by atoms with Crippen molar-refractivity contribution in [2.24, 2.45) is 0 Å². The van der Waals surface area contributed by atoms with Gasteiger partial charge in [0.25, 0.3) is 5.91 Å². The van der Waals surface area contributed by atoms with Crippen molar-refractivity contribution < 1.29 is 9.21 Å². The zero-order chi connectivity index (χ0) is 20.3. The Hall–Kier alpha value is -3.61. The van der Waals surface area contributed by atoms with E-state index in [0.29, 0.717) is 12.1 Å². The molecule has 152 valence electrons. The molecule has 1 fully saturated rings. The van der Waals surface area contributed by atoms with Crippen molar-refractivity contribution >= 4 is 17.2 Å². The molecule has 4 aromatic rings. The third kappa shape index (κ3) is 3.78. The summed E-state index contributed by atoms with van der Waals surface area (Å²) < 4.78 is 6.87. The number of pyridine rings is 1. The third-order valence-electron chi connectivity index (χ3n) is 5.53. The van der Waals surface area contributed by atoms with E-state index in [1.165, 1.54) is 18.1 Å². The van der Waals surface area contributed by atoms with Crippen LogP contribution in [0.5, 0.6) is 0 Å². The molecule has 4 heterocycles. The fourth-order valence-electron chi connectivity index (χ4n) is 3.92. The standard InChI is InChI=1S/C23H23N5O2/c29-23(19-10-12-30-16-19)27-11-4-7-18(14-27)22-25-21-9-8-20(15-28(21)26-22)24-13-17-5-2-1-3-6-17/h1-3,5-6,8-10,12,15-16,18,24H,4,7,11,13-14H2/t18-/m0/s1. The van der Waals surface area contributed by atoms with E-state index in [4.69, 9.17) is 14.5 Å². The van der Waals surface area contributed by atoms with Crippen molar-refractivity contribution in [1.29, 1.82) is 0 Å². The van der Waals surface area contributed by atoms with Gasteiger partial charge < -0.3 is 14.6 Å². The number of hydrogen-bond donors (Lipinski definition) is 1. The van der Waals surface area contributed by atoms with E-state index in [0.717, 1.165) is 43.1 Å². The first-order valence-corrected chi connectivity index (χ1v) is 10.2. The minimum atomic E-state index is 0.00427. The van der Waals surface area contributed by atoms with Gasteiger partial charge in [0.2, 0.25) is 0 Å². The van der Waals surface area contributed by atoms with Crippen LogP contribution in [-0.2, 0) is 6.54 Å². The van der Waals surface area contributed by atoms with Crippen LogP contribution in [0, 0.1) is 0 Å². The highest BCUT2D eigenvalue weighted by Gasteiger charge is 2.28. The lowest BCUT2D eigenvalue weighted by Crippen LogP contribution is -2.39. The van der Waals surface area contributed by atoms with Gasteiger partial charge in [-0.25, -0.2) is 9.50 Å². The molecule has 1 atom stereocenters. The first-order valence-electron chi connectivity index (χ1n) is 10.2. The molecule has 0 unspecified atom stereocenters. The molecule has 1 saturated heterocycles. The molecule has 0 saturated carbocycles. The Labute approximate surface area is 174 Å². The van der Waals surface area contributed by atoms with Crippen LogP contribution in [0.3, 0.4) is 0 Å². The molecule has 0 radical (unpaired) electrons. The summed E-state index contributed by atoms with van der Waals surface area (Å²) in [6.45, 7) is 2.13. The smallest absolute Gasteiger partial charge is 0.257 e. The predicted molar refractivity (Wildman–Crippen MR) is 113 cm³/mol. The average molecular weight is 401 g/mol.